The standard InChI is InChI=1S/C13H18ClN3O2/c14-13(11-3-1-2-4-12(11)19-16-13)15-5-6-17-7-9-18-10-8-17/h1-4,15-16H,5-10H2. The number of hydrogen-bond donors (Lipinski definition) is 2. The normalized spacial score (nSPS) is 27.0. The van der Waals surface area contributed by atoms with E-state index >= 15 is 0 Å². The lowest BCUT2D eigenvalue weighted by atomic mass is 10.1. The van der Waals surface area contributed by atoms with Crippen molar-refractivity contribution in [3.8, 4) is 5.75 Å². The molecule has 0 aromatic heterocycles. The van der Waals surface area contributed by atoms with Crippen molar-refractivity contribution in [1.82, 2.24) is 15.7 Å². The predicted molar refractivity (Wildman–Crippen MR) is 73.0 cm³/mol. The van der Waals surface area contributed by atoms with E-state index in [1.54, 1.807) is 0 Å². The lowest BCUT2D eigenvalue weighted by molar-refractivity contribution is 0.0369. The molecule has 104 valence electrons. The Bertz CT molecular complexity index is 440. The first-order chi connectivity index (χ1) is 9.28. The summed E-state index contributed by atoms with van der Waals surface area (Å²) in [5.74, 6) is 0.774. The molecule has 0 aliphatic carbocycles. The Morgan fingerprint density at radius 3 is 2.95 bits per heavy atom. The number of morpholine rings is 1. The van der Waals surface area contributed by atoms with Crippen LogP contribution in [0.5, 0.6) is 5.75 Å². The van der Waals surface area contributed by atoms with Crippen LogP contribution in [0.4, 0.5) is 0 Å². The summed E-state index contributed by atoms with van der Waals surface area (Å²) in [6.45, 7) is 5.33. The minimum atomic E-state index is -0.830. The Hall–Kier alpha value is -0.850. The Balaban J connectivity index is 1.55. The van der Waals surface area contributed by atoms with E-state index in [0.29, 0.717) is 0 Å². The predicted octanol–water partition coefficient (Wildman–Crippen LogP) is 0.854. The van der Waals surface area contributed by atoms with E-state index in [-0.39, 0.29) is 0 Å². The number of alkyl halides is 1. The molecule has 1 atom stereocenters. The second-order valence-electron chi connectivity index (χ2n) is 4.74. The summed E-state index contributed by atoms with van der Waals surface area (Å²) in [6, 6.07) is 7.74. The quantitative estimate of drug-likeness (QED) is 0.634. The van der Waals surface area contributed by atoms with Crippen molar-refractivity contribution < 1.29 is 9.57 Å². The van der Waals surface area contributed by atoms with Gasteiger partial charge in [-0.05, 0) is 6.07 Å². The highest BCUT2D eigenvalue weighted by molar-refractivity contribution is 6.23. The van der Waals surface area contributed by atoms with Crippen molar-refractivity contribution in [2.24, 2.45) is 0 Å². The van der Waals surface area contributed by atoms with Gasteiger partial charge < -0.3 is 9.57 Å². The summed E-state index contributed by atoms with van der Waals surface area (Å²) < 4.78 is 5.33. The topological polar surface area (TPSA) is 45.8 Å². The molecular formula is C13H18ClN3O2. The molecular weight excluding hydrogens is 266 g/mol. The van der Waals surface area contributed by atoms with Gasteiger partial charge in [-0.2, -0.15) is 0 Å². The molecule has 2 aliphatic rings. The highest BCUT2D eigenvalue weighted by Crippen LogP contribution is 2.36. The molecule has 3 rings (SSSR count). The van der Waals surface area contributed by atoms with Crippen LogP contribution in [0, 0.1) is 0 Å². The Labute approximate surface area is 117 Å². The Morgan fingerprint density at radius 2 is 2.11 bits per heavy atom. The van der Waals surface area contributed by atoms with E-state index in [2.05, 4.69) is 15.7 Å². The van der Waals surface area contributed by atoms with Crippen LogP contribution in [0.1, 0.15) is 5.56 Å². The highest BCUT2D eigenvalue weighted by atomic mass is 35.5. The monoisotopic (exact) mass is 283 g/mol. The van der Waals surface area contributed by atoms with Crippen LogP contribution in [-0.2, 0) is 9.86 Å². The van der Waals surface area contributed by atoms with Gasteiger partial charge >= 0.3 is 0 Å². The molecule has 5 nitrogen and oxygen atoms in total. The first kappa shape index (κ1) is 13.1. The van der Waals surface area contributed by atoms with Gasteiger partial charge in [0.15, 0.2) is 5.75 Å². The van der Waals surface area contributed by atoms with Crippen LogP contribution in [0.15, 0.2) is 24.3 Å². The molecule has 2 aliphatic heterocycles. The average Bonchev–Trinajstić information content (AvgIpc) is 2.79. The van der Waals surface area contributed by atoms with E-state index in [1.165, 1.54) is 0 Å². The van der Waals surface area contributed by atoms with Gasteiger partial charge in [0.05, 0.1) is 13.2 Å². The molecule has 0 spiro atoms. The van der Waals surface area contributed by atoms with E-state index in [0.717, 1.165) is 50.7 Å². The number of benzene rings is 1. The number of rotatable bonds is 4. The number of halogens is 1. The number of nitrogens with one attached hydrogen (secondary N) is 2. The van der Waals surface area contributed by atoms with Crippen molar-refractivity contribution in [2.45, 2.75) is 5.12 Å². The molecule has 0 radical (unpaired) electrons. The van der Waals surface area contributed by atoms with Gasteiger partial charge in [-0.15, -0.1) is 5.48 Å². The number of hydroxylamine groups is 1. The maximum absolute atomic E-state index is 6.53. The first-order valence-electron chi connectivity index (χ1n) is 6.55. The minimum absolute atomic E-state index is 0.774. The second kappa shape index (κ2) is 5.64. The highest BCUT2D eigenvalue weighted by Gasteiger charge is 2.38. The summed E-state index contributed by atoms with van der Waals surface area (Å²) in [6.07, 6.45) is 0. The van der Waals surface area contributed by atoms with Gasteiger partial charge in [-0.25, -0.2) is 0 Å². The lowest BCUT2D eigenvalue weighted by Crippen LogP contribution is -2.50. The number of nitrogens with zero attached hydrogens (tertiary/aromatic N) is 1. The maximum Gasteiger partial charge on any atom is 0.207 e. The van der Waals surface area contributed by atoms with Gasteiger partial charge in [-0.1, -0.05) is 29.8 Å². The number of hydrogen-bond acceptors (Lipinski definition) is 5. The fourth-order valence-electron chi connectivity index (χ4n) is 2.36. The molecule has 2 N–H and O–H groups in total. The first-order valence-corrected chi connectivity index (χ1v) is 6.93. The molecule has 1 saturated heterocycles. The molecule has 0 amide bonds. The molecule has 1 aromatic carbocycles. The third-order valence-corrected chi connectivity index (χ3v) is 3.87. The molecule has 2 heterocycles. The number of para-hydroxylation sites is 1. The fourth-order valence-corrected chi connectivity index (χ4v) is 2.65. The summed E-state index contributed by atoms with van der Waals surface area (Å²) >= 11 is 6.53. The van der Waals surface area contributed by atoms with Gasteiger partial charge in [-0.3, -0.25) is 10.2 Å². The Kier molecular flexibility index (Phi) is 3.91. The number of fused-ring (bicyclic) bond motifs is 1. The zero-order valence-electron chi connectivity index (χ0n) is 10.7. The van der Waals surface area contributed by atoms with Gasteiger partial charge in [0, 0.05) is 31.7 Å². The van der Waals surface area contributed by atoms with E-state index in [4.69, 9.17) is 21.2 Å². The summed E-state index contributed by atoms with van der Waals surface area (Å²) in [4.78, 5) is 7.74. The minimum Gasteiger partial charge on any atom is -0.405 e. The van der Waals surface area contributed by atoms with Crippen molar-refractivity contribution in [3.05, 3.63) is 29.8 Å². The van der Waals surface area contributed by atoms with Crippen LogP contribution >= 0.6 is 11.6 Å². The summed E-state index contributed by atoms with van der Waals surface area (Å²) in [7, 11) is 0. The maximum atomic E-state index is 6.53. The largest absolute Gasteiger partial charge is 0.405 e. The Morgan fingerprint density at radius 1 is 1.32 bits per heavy atom. The zero-order valence-corrected chi connectivity index (χ0v) is 11.4. The van der Waals surface area contributed by atoms with E-state index in [9.17, 15) is 0 Å². The van der Waals surface area contributed by atoms with E-state index < -0.39 is 5.12 Å². The van der Waals surface area contributed by atoms with Gasteiger partial charge in [0.25, 0.3) is 0 Å². The van der Waals surface area contributed by atoms with Crippen molar-refractivity contribution >= 4 is 11.6 Å². The third-order valence-electron chi connectivity index (χ3n) is 3.46. The van der Waals surface area contributed by atoms with Gasteiger partial charge in [0.2, 0.25) is 5.12 Å². The summed E-state index contributed by atoms with van der Waals surface area (Å²) in [5.41, 5.74) is 3.78. The van der Waals surface area contributed by atoms with Crippen molar-refractivity contribution in [1.29, 1.82) is 0 Å². The molecule has 0 bridgehead atoms. The SMILES string of the molecule is ClC1(NCCN2CCOCC2)NOc2ccccc21. The smallest absolute Gasteiger partial charge is 0.207 e. The van der Waals surface area contributed by atoms with Crippen LogP contribution in [0.25, 0.3) is 0 Å². The average molecular weight is 284 g/mol. The molecule has 1 fully saturated rings. The second-order valence-corrected chi connectivity index (χ2v) is 5.31. The molecule has 19 heavy (non-hydrogen) atoms. The van der Waals surface area contributed by atoms with Crippen molar-refractivity contribution in [3.63, 3.8) is 0 Å². The molecule has 1 aromatic rings. The number of ether oxygens (including phenoxy) is 1. The van der Waals surface area contributed by atoms with Crippen LogP contribution in [0.3, 0.4) is 0 Å². The van der Waals surface area contributed by atoms with Crippen LogP contribution in [-0.4, -0.2) is 44.3 Å². The van der Waals surface area contributed by atoms with Crippen LogP contribution < -0.4 is 15.6 Å². The molecule has 0 saturated carbocycles. The zero-order chi connectivity index (χ0) is 13.1. The van der Waals surface area contributed by atoms with Crippen molar-refractivity contribution in [2.75, 3.05) is 39.4 Å². The fraction of sp³-hybridized carbons (Fsp3) is 0.538. The van der Waals surface area contributed by atoms with Crippen LogP contribution in [0.2, 0.25) is 0 Å². The molecule has 1 unspecified atom stereocenters. The lowest BCUT2D eigenvalue weighted by Gasteiger charge is -2.28. The van der Waals surface area contributed by atoms with E-state index in [1.807, 2.05) is 24.3 Å². The summed E-state index contributed by atoms with van der Waals surface area (Å²) in [5, 5.41) is 2.48. The van der Waals surface area contributed by atoms with Gasteiger partial charge in [0.1, 0.15) is 0 Å². The molecule has 6 heteroatoms. The third kappa shape index (κ3) is 2.85.